The van der Waals surface area contributed by atoms with Crippen LogP contribution in [0.5, 0.6) is 0 Å². The molecule has 2 aromatic rings. The van der Waals surface area contributed by atoms with Gasteiger partial charge in [-0.2, -0.15) is 5.10 Å². The second-order valence-corrected chi connectivity index (χ2v) is 5.93. The van der Waals surface area contributed by atoms with Crippen molar-refractivity contribution >= 4 is 17.6 Å². The molecule has 0 spiro atoms. The average molecular weight is 376 g/mol. The van der Waals surface area contributed by atoms with E-state index in [1.165, 1.54) is 12.1 Å². The number of hydrogen-bond donors (Lipinski definition) is 2. The highest BCUT2D eigenvalue weighted by Gasteiger charge is 2.16. The van der Waals surface area contributed by atoms with Gasteiger partial charge >= 0.3 is 5.97 Å². The highest BCUT2D eigenvalue weighted by Crippen LogP contribution is 2.09. The fourth-order valence-corrected chi connectivity index (χ4v) is 2.52. The topological polar surface area (TPSA) is 85.2 Å². The van der Waals surface area contributed by atoms with Crippen molar-refractivity contribution in [2.24, 2.45) is 0 Å². The average Bonchev–Trinajstić information content (AvgIpc) is 3.03. The number of carbonyl (C=O) groups is 2. The van der Waals surface area contributed by atoms with Crippen LogP contribution < -0.4 is 10.6 Å². The summed E-state index contributed by atoms with van der Waals surface area (Å²) in [6.07, 6.45) is 1.59. The molecule has 0 aliphatic rings. The Morgan fingerprint density at radius 2 is 1.93 bits per heavy atom. The number of benzene rings is 1. The van der Waals surface area contributed by atoms with E-state index in [1.807, 2.05) is 6.92 Å². The molecule has 146 valence electrons. The number of rotatable bonds is 10. The number of amides is 1. The molecule has 0 fully saturated rings. The first-order valence-electron chi connectivity index (χ1n) is 9.03. The molecule has 0 aliphatic carbocycles. The van der Waals surface area contributed by atoms with Crippen molar-refractivity contribution in [2.45, 2.75) is 33.2 Å². The molecule has 0 bridgehead atoms. The van der Waals surface area contributed by atoms with E-state index >= 15 is 0 Å². The summed E-state index contributed by atoms with van der Waals surface area (Å²) in [6.45, 7) is 4.97. The fraction of sp³-hybridized carbons (Fsp3) is 0.421. The number of esters is 1. The number of ether oxygens (including phenoxy) is 1. The van der Waals surface area contributed by atoms with Gasteiger partial charge in [-0.1, -0.05) is 13.3 Å². The Labute approximate surface area is 157 Å². The van der Waals surface area contributed by atoms with Crippen molar-refractivity contribution in [2.75, 3.05) is 25.0 Å². The lowest BCUT2D eigenvalue weighted by molar-refractivity contribution is -0.121. The summed E-state index contributed by atoms with van der Waals surface area (Å²) in [5.74, 6) is -0.984. The van der Waals surface area contributed by atoms with Gasteiger partial charge in [0.25, 0.3) is 0 Å². The Kier molecular flexibility index (Phi) is 7.79. The van der Waals surface area contributed by atoms with Crippen molar-refractivity contribution in [3.8, 4) is 0 Å². The summed E-state index contributed by atoms with van der Waals surface area (Å²) < 4.78 is 19.3. The molecule has 0 saturated heterocycles. The lowest BCUT2D eigenvalue weighted by atomic mass is 10.2. The Balaban J connectivity index is 1.84. The third-order valence-corrected chi connectivity index (χ3v) is 3.77. The van der Waals surface area contributed by atoms with Crippen LogP contribution in [0.1, 0.15) is 36.5 Å². The van der Waals surface area contributed by atoms with Crippen LogP contribution in [0.2, 0.25) is 0 Å². The summed E-state index contributed by atoms with van der Waals surface area (Å²) in [4.78, 5) is 24.0. The van der Waals surface area contributed by atoms with Gasteiger partial charge in [-0.3, -0.25) is 9.48 Å². The molecular formula is C19H25FN4O3. The van der Waals surface area contributed by atoms with E-state index in [4.69, 9.17) is 4.74 Å². The SMILES string of the molecule is CCCc1cc(C(=O)OCC)nn1CC(=O)NCCNc1ccc(F)cc1. The molecule has 27 heavy (non-hydrogen) atoms. The van der Waals surface area contributed by atoms with Crippen LogP contribution in [0.25, 0.3) is 0 Å². The largest absolute Gasteiger partial charge is 0.461 e. The molecule has 0 aliphatic heterocycles. The molecule has 0 atom stereocenters. The number of aromatic nitrogens is 2. The van der Waals surface area contributed by atoms with E-state index < -0.39 is 5.97 Å². The minimum atomic E-state index is -0.488. The van der Waals surface area contributed by atoms with Gasteiger partial charge in [-0.25, -0.2) is 9.18 Å². The molecule has 0 radical (unpaired) electrons. The molecule has 0 saturated carbocycles. The Morgan fingerprint density at radius 3 is 2.59 bits per heavy atom. The van der Waals surface area contributed by atoms with Crippen molar-refractivity contribution in [1.29, 1.82) is 0 Å². The maximum atomic E-state index is 12.8. The second-order valence-electron chi connectivity index (χ2n) is 5.93. The van der Waals surface area contributed by atoms with Gasteiger partial charge in [0.05, 0.1) is 6.61 Å². The number of nitrogens with zero attached hydrogens (tertiary/aromatic N) is 2. The smallest absolute Gasteiger partial charge is 0.358 e. The molecule has 2 N–H and O–H groups in total. The van der Waals surface area contributed by atoms with Crippen LogP contribution in [0.4, 0.5) is 10.1 Å². The van der Waals surface area contributed by atoms with Crippen molar-refractivity contribution in [3.05, 3.63) is 47.5 Å². The highest BCUT2D eigenvalue weighted by atomic mass is 19.1. The predicted molar refractivity (Wildman–Crippen MR) is 100 cm³/mol. The minimum Gasteiger partial charge on any atom is -0.461 e. The Hall–Kier alpha value is -2.90. The number of carbonyl (C=O) groups excluding carboxylic acids is 2. The van der Waals surface area contributed by atoms with Gasteiger partial charge < -0.3 is 15.4 Å². The molecule has 1 amide bonds. The molecule has 1 heterocycles. The van der Waals surface area contributed by atoms with Crippen molar-refractivity contribution in [3.63, 3.8) is 0 Å². The lowest BCUT2D eigenvalue weighted by Crippen LogP contribution is -2.32. The summed E-state index contributed by atoms with van der Waals surface area (Å²) in [6, 6.07) is 7.68. The zero-order valence-electron chi connectivity index (χ0n) is 15.6. The molecule has 2 rings (SSSR count). The monoisotopic (exact) mass is 376 g/mol. The molecular weight excluding hydrogens is 351 g/mol. The molecule has 0 unspecified atom stereocenters. The third kappa shape index (κ3) is 6.40. The van der Waals surface area contributed by atoms with Gasteiger partial charge in [-0.15, -0.1) is 0 Å². The quantitative estimate of drug-likeness (QED) is 0.491. The predicted octanol–water partition coefficient (Wildman–Crippen LogP) is 2.38. The summed E-state index contributed by atoms with van der Waals surface area (Å²) in [5, 5.41) is 10.1. The standard InChI is InChI=1S/C19H25FN4O3/c1-3-5-16-12-17(19(26)27-4-2)23-24(16)13-18(25)22-11-10-21-15-8-6-14(20)7-9-15/h6-9,12,21H,3-5,10-11,13H2,1-2H3,(H,22,25). The van der Waals surface area contributed by atoms with Gasteiger partial charge in [0.1, 0.15) is 12.4 Å². The summed E-state index contributed by atoms with van der Waals surface area (Å²) in [7, 11) is 0. The third-order valence-electron chi connectivity index (χ3n) is 3.77. The zero-order valence-corrected chi connectivity index (χ0v) is 15.6. The van der Waals surface area contributed by atoms with Gasteiger partial charge in [0.2, 0.25) is 5.91 Å². The summed E-state index contributed by atoms with van der Waals surface area (Å²) in [5.41, 5.74) is 1.81. The first-order valence-corrected chi connectivity index (χ1v) is 9.03. The lowest BCUT2D eigenvalue weighted by Gasteiger charge is -2.09. The number of nitrogens with one attached hydrogen (secondary N) is 2. The van der Waals surface area contributed by atoms with E-state index in [2.05, 4.69) is 15.7 Å². The van der Waals surface area contributed by atoms with E-state index in [0.717, 1.165) is 17.8 Å². The van der Waals surface area contributed by atoms with E-state index in [0.29, 0.717) is 19.5 Å². The normalized spacial score (nSPS) is 10.5. The molecule has 1 aromatic heterocycles. The van der Waals surface area contributed by atoms with Crippen molar-refractivity contribution in [1.82, 2.24) is 15.1 Å². The molecule has 7 nitrogen and oxygen atoms in total. The summed E-state index contributed by atoms with van der Waals surface area (Å²) >= 11 is 0. The first-order chi connectivity index (χ1) is 13.0. The number of anilines is 1. The maximum Gasteiger partial charge on any atom is 0.358 e. The zero-order chi connectivity index (χ0) is 19.6. The van der Waals surface area contributed by atoms with E-state index in [9.17, 15) is 14.0 Å². The van der Waals surface area contributed by atoms with Crippen LogP contribution in [-0.4, -0.2) is 41.4 Å². The molecule has 1 aromatic carbocycles. The molecule has 8 heteroatoms. The first kappa shape index (κ1) is 20.4. The number of aryl methyl sites for hydroxylation is 1. The number of hydrogen-bond acceptors (Lipinski definition) is 5. The van der Waals surface area contributed by atoms with Crippen LogP contribution >= 0.6 is 0 Å². The van der Waals surface area contributed by atoms with Crippen LogP contribution in [0.3, 0.4) is 0 Å². The minimum absolute atomic E-state index is 0.0330. The van der Waals surface area contributed by atoms with Crippen LogP contribution in [0.15, 0.2) is 30.3 Å². The van der Waals surface area contributed by atoms with Gasteiger partial charge in [-0.05, 0) is 43.7 Å². The number of halogens is 1. The fourth-order valence-electron chi connectivity index (χ4n) is 2.52. The van der Waals surface area contributed by atoms with Gasteiger partial charge in [0, 0.05) is 24.5 Å². The van der Waals surface area contributed by atoms with Gasteiger partial charge in [0.15, 0.2) is 5.69 Å². The van der Waals surface area contributed by atoms with Crippen molar-refractivity contribution < 1.29 is 18.7 Å². The Bertz CT molecular complexity index is 759. The van der Waals surface area contributed by atoms with Crippen LogP contribution in [0, 0.1) is 5.82 Å². The van der Waals surface area contributed by atoms with E-state index in [1.54, 1.807) is 29.8 Å². The second kappa shape index (κ2) is 10.3. The van der Waals surface area contributed by atoms with E-state index in [-0.39, 0.29) is 30.6 Å². The maximum absolute atomic E-state index is 12.8. The Morgan fingerprint density at radius 1 is 1.19 bits per heavy atom. The highest BCUT2D eigenvalue weighted by molar-refractivity contribution is 5.87. The van der Waals surface area contributed by atoms with Crippen LogP contribution in [-0.2, 0) is 22.5 Å².